The molecule has 108 valence electrons. The minimum Gasteiger partial charge on any atom is -0.405 e. The van der Waals surface area contributed by atoms with Gasteiger partial charge in [0.15, 0.2) is 0 Å². The van der Waals surface area contributed by atoms with E-state index in [1.807, 2.05) is 0 Å². The van der Waals surface area contributed by atoms with Crippen molar-refractivity contribution >= 4 is 12.0 Å². The molecule has 1 saturated heterocycles. The van der Waals surface area contributed by atoms with Crippen molar-refractivity contribution in [1.29, 1.82) is 0 Å². The lowest BCUT2D eigenvalue weighted by Gasteiger charge is -2.18. The molecule has 1 fully saturated rings. The van der Waals surface area contributed by atoms with Crippen LogP contribution in [-0.2, 0) is 0 Å². The van der Waals surface area contributed by atoms with Crippen LogP contribution >= 0.6 is 0 Å². The van der Waals surface area contributed by atoms with Crippen LogP contribution in [0.2, 0.25) is 0 Å². The van der Waals surface area contributed by atoms with E-state index in [1.54, 1.807) is 6.07 Å². The second-order valence-electron chi connectivity index (χ2n) is 4.51. The maximum Gasteiger partial charge on any atom is 0.573 e. The highest BCUT2D eigenvalue weighted by molar-refractivity contribution is 5.97. The third-order valence-electron chi connectivity index (χ3n) is 3.09. The summed E-state index contributed by atoms with van der Waals surface area (Å²) in [6.07, 6.45) is -1.70. The Morgan fingerprint density at radius 2 is 1.95 bits per heavy atom. The fourth-order valence-electron chi connectivity index (χ4n) is 2.14. The molecule has 1 aromatic rings. The highest BCUT2D eigenvalue weighted by Gasteiger charge is 2.34. The minimum absolute atomic E-state index is 0.0742. The zero-order valence-corrected chi connectivity index (χ0v) is 10.7. The van der Waals surface area contributed by atoms with E-state index in [0.717, 1.165) is 12.8 Å². The maximum atomic E-state index is 12.4. The van der Waals surface area contributed by atoms with Crippen LogP contribution in [0.1, 0.15) is 28.8 Å². The van der Waals surface area contributed by atoms with E-state index >= 15 is 0 Å². The number of likely N-dealkylation sites (tertiary alicyclic amines) is 1. The van der Waals surface area contributed by atoms with Crippen LogP contribution in [0.4, 0.5) is 13.2 Å². The molecule has 0 aliphatic carbocycles. The first kappa shape index (κ1) is 14.4. The van der Waals surface area contributed by atoms with Crippen LogP contribution in [-0.4, -0.2) is 30.3 Å². The molecule has 0 aromatic heterocycles. The molecular weight excluding hydrogens is 271 g/mol. The zero-order chi connectivity index (χ0) is 14.8. The molecule has 1 aliphatic heterocycles. The first-order chi connectivity index (χ1) is 9.40. The molecule has 0 unspecified atom stereocenters. The van der Waals surface area contributed by atoms with Gasteiger partial charge in [-0.3, -0.25) is 4.79 Å². The van der Waals surface area contributed by atoms with Gasteiger partial charge >= 0.3 is 6.36 Å². The average Bonchev–Trinajstić information content (AvgIpc) is 2.89. The normalized spacial score (nSPS) is 15.2. The number of halogens is 3. The molecule has 3 nitrogen and oxygen atoms in total. The van der Waals surface area contributed by atoms with Crippen molar-refractivity contribution in [3.05, 3.63) is 35.9 Å². The Morgan fingerprint density at radius 1 is 1.30 bits per heavy atom. The fourth-order valence-corrected chi connectivity index (χ4v) is 2.14. The first-order valence-corrected chi connectivity index (χ1v) is 6.22. The number of carbonyl (C=O) groups is 1. The number of ether oxygens (including phenoxy) is 1. The predicted molar refractivity (Wildman–Crippen MR) is 68.4 cm³/mol. The molecule has 1 aliphatic rings. The predicted octanol–water partition coefficient (Wildman–Crippen LogP) is 3.46. The maximum absolute atomic E-state index is 12.4. The average molecular weight is 285 g/mol. The van der Waals surface area contributed by atoms with Gasteiger partial charge in [0.05, 0.1) is 5.56 Å². The summed E-state index contributed by atoms with van der Waals surface area (Å²) in [7, 11) is 0. The molecular formula is C14H14F3NO2. The summed E-state index contributed by atoms with van der Waals surface area (Å²) in [5, 5.41) is 0. The second-order valence-corrected chi connectivity index (χ2v) is 4.51. The van der Waals surface area contributed by atoms with Crippen molar-refractivity contribution in [2.75, 3.05) is 13.1 Å². The molecule has 6 heteroatoms. The molecule has 20 heavy (non-hydrogen) atoms. The fraction of sp³-hybridized carbons (Fsp3) is 0.357. The summed E-state index contributed by atoms with van der Waals surface area (Å²) in [5.41, 5.74) is 0.386. The molecule has 0 spiro atoms. The molecule has 0 N–H and O–H groups in total. The topological polar surface area (TPSA) is 29.5 Å². The number of nitrogens with zero attached hydrogens (tertiary/aromatic N) is 1. The van der Waals surface area contributed by atoms with Gasteiger partial charge in [-0.1, -0.05) is 18.7 Å². The number of rotatable bonds is 3. The summed E-state index contributed by atoms with van der Waals surface area (Å²) in [4.78, 5) is 13.7. The standard InChI is InChI=1S/C14H14F3NO2/c1-2-10-5-6-11(12(9-10)20-14(15,16)17)13(19)18-7-3-4-8-18/h2,5-6,9H,1,3-4,7-8H2. The third-order valence-corrected chi connectivity index (χ3v) is 3.09. The quantitative estimate of drug-likeness (QED) is 0.851. The summed E-state index contributed by atoms with van der Waals surface area (Å²) in [6, 6.07) is 4.06. The van der Waals surface area contributed by atoms with Gasteiger partial charge in [0.2, 0.25) is 0 Å². The van der Waals surface area contributed by atoms with Gasteiger partial charge in [0.1, 0.15) is 5.75 Å². The van der Waals surface area contributed by atoms with Crippen LogP contribution in [0.5, 0.6) is 5.75 Å². The van der Waals surface area contributed by atoms with Crippen molar-refractivity contribution < 1.29 is 22.7 Å². The van der Waals surface area contributed by atoms with Crippen LogP contribution in [0.25, 0.3) is 6.08 Å². The van der Waals surface area contributed by atoms with Crippen molar-refractivity contribution in [1.82, 2.24) is 4.90 Å². The number of hydrogen-bond donors (Lipinski definition) is 0. The first-order valence-electron chi connectivity index (χ1n) is 6.22. The van der Waals surface area contributed by atoms with Crippen molar-refractivity contribution in [3.63, 3.8) is 0 Å². The second kappa shape index (κ2) is 5.56. The summed E-state index contributed by atoms with van der Waals surface area (Å²) < 4.78 is 41.2. The molecule has 0 bridgehead atoms. The van der Waals surface area contributed by atoms with E-state index in [0.29, 0.717) is 18.7 Å². The van der Waals surface area contributed by atoms with E-state index in [-0.39, 0.29) is 5.56 Å². The van der Waals surface area contributed by atoms with E-state index in [4.69, 9.17) is 0 Å². The molecule has 1 heterocycles. The highest BCUT2D eigenvalue weighted by Crippen LogP contribution is 2.29. The van der Waals surface area contributed by atoms with Gasteiger partial charge in [-0.25, -0.2) is 0 Å². The Kier molecular flexibility index (Phi) is 4.01. The van der Waals surface area contributed by atoms with Crippen molar-refractivity contribution in [3.8, 4) is 5.75 Å². The lowest BCUT2D eigenvalue weighted by atomic mass is 10.1. The monoisotopic (exact) mass is 285 g/mol. The smallest absolute Gasteiger partial charge is 0.405 e. The largest absolute Gasteiger partial charge is 0.573 e. The number of alkyl halides is 3. The lowest BCUT2D eigenvalue weighted by molar-refractivity contribution is -0.274. The molecule has 0 saturated carbocycles. The van der Waals surface area contributed by atoms with Gasteiger partial charge < -0.3 is 9.64 Å². The zero-order valence-electron chi connectivity index (χ0n) is 10.7. The summed E-state index contributed by atoms with van der Waals surface area (Å²) >= 11 is 0. The molecule has 1 aromatic carbocycles. The number of carbonyl (C=O) groups excluding carboxylic acids is 1. The van der Waals surface area contributed by atoms with Gasteiger partial charge in [0, 0.05) is 13.1 Å². The van der Waals surface area contributed by atoms with E-state index in [9.17, 15) is 18.0 Å². The van der Waals surface area contributed by atoms with Crippen LogP contribution in [0, 0.1) is 0 Å². The van der Waals surface area contributed by atoms with E-state index in [2.05, 4.69) is 11.3 Å². The van der Waals surface area contributed by atoms with Crippen LogP contribution in [0.3, 0.4) is 0 Å². The van der Waals surface area contributed by atoms with Gasteiger partial charge in [-0.05, 0) is 30.5 Å². The van der Waals surface area contributed by atoms with Gasteiger partial charge in [-0.2, -0.15) is 0 Å². The summed E-state index contributed by atoms with van der Waals surface area (Å²) in [6.45, 7) is 4.61. The lowest BCUT2D eigenvalue weighted by Crippen LogP contribution is -2.29. The molecule has 1 amide bonds. The summed E-state index contributed by atoms with van der Waals surface area (Å²) in [5.74, 6) is -0.913. The Labute approximate surface area is 114 Å². The van der Waals surface area contributed by atoms with Crippen molar-refractivity contribution in [2.45, 2.75) is 19.2 Å². The Bertz CT molecular complexity index is 520. The van der Waals surface area contributed by atoms with Gasteiger partial charge in [0.25, 0.3) is 5.91 Å². The van der Waals surface area contributed by atoms with E-state index < -0.39 is 18.0 Å². The Balaban J connectivity index is 2.35. The number of amides is 1. The molecule has 0 radical (unpaired) electrons. The van der Waals surface area contributed by atoms with Crippen LogP contribution in [0.15, 0.2) is 24.8 Å². The SMILES string of the molecule is C=Cc1ccc(C(=O)N2CCCC2)c(OC(F)(F)F)c1. The third kappa shape index (κ3) is 3.31. The molecule has 2 rings (SSSR count). The number of hydrogen-bond acceptors (Lipinski definition) is 2. The van der Waals surface area contributed by atoms with E-state index in [1.165, 1.54) is 23.1 Å². The van der Waals surface area contributed by atoms with Gasteiger partial charge in [-0.15, -0.1) is 13.2 Å². The number of benzene rings is 1. The van der Waals surface area contributed by atoms with Crippen molar-refractivity contribution in [2.24, 2.45) is 0 Å². The molecule has 0 atom stereocenters. The highest BCUT2D eigenvalue weighted by atomic mass is 19.4. The Hall–Kier alpha value is -1.98. The Morgan fingerprint density at radius 3 is 2.50 bits per heavy atom. The van der Waals surface area contributed by atoms with Crippen LogP contribution < -0.4 is 4.74 Å². The minimum atomic E-state index is -4.83.